The summed E-state index contributed by atoms with van der Waals surface area (Å²) in [5.74, 6) is 0.847. The molecule has 3 heteroatoms. The van der Waals surface area contributed by atoms with Gasteiger partial charge in [-0.3, -0.25) is 4.98 Å². The molecule has 3 aromatic rings. The van der Waals surface area contributed by atoms with E-state index in [1.54, 1.807) is 7.11 Å². The molecule has 2 unspecified atom stereocenters. The Morgan fingerprint density at radius 3 is 2.67 bits per heavy atom. The van der Waals surface area contributed by atoms with E-state index in [2.05, 4.69) is 29.2 Å². The standard InChI is InChI=1S/C21H23NO2/c1-15(18-10-3-4-11-20(18)24-2)19(23)13-12-17-8-5-7-16-9-6-14-22-21(16)17/h3-11,14-15,19,23H,12-13H2,1-2H3. The highest BCUT2D eigenvalue weighted by atomic mass is 16.5. The summed E-state index contributed by atoms with van der Waals surface area (Å²) in [6, 6.07) is 18.1. The van der Waals surface area contributed by atoms with E-state index in [1.165, 1.54) is 5.56 Å². The van der Waals surface area contributed by atoms with E-state index < -0.39 is 6.10 Å². The lowest BCUT2D eigenvalue weighted by Gasteiger charge is -2.21. The van der Waals surface area contributed by atoms with Gasteiger partial charge in [-0.25, -0.2) is 0 Å². The summed E-state index contributed by atoms with van der Waals surface area (Å²) >= 11 is 0. The van der Waals surface area contributed by atoms with Crippen molar-refractivity contribution >= 4 is 10.9 Å². The molecule has 0 bridgehead atoms. The lowest BCUT2D eigenvalue weighted by Crippen LogP contribution is -2.17. The number of nitrogens with zero attached hydrogens (tertiary/aromatic N) is 1. The average Bonchev–Trinajstić information content (AvgIpc) is 2.65. The molecule has 0 aliphatic rings. The molecule has 2 aromatic carbocycles. The van der Waals surface area contributed by atoms with Crippen LogP contribution in [0.2, 0.25) is 0 Å². The zero-order valence-electron chi connectivity index (χ0n) is 14.1. The average molecular weight is 321 g/mol. The summed E-state index contributed by atoms with van der Waals surface area (Å²) in [6.45, 7) is 2.05. The topological polar surface area (TPSA) is 42.4 Å². The number of para-hydroxylation sites is 2. The van der Waals surface area contributed by atoms with Crippen LogP contribution in [-0.2, 0) is 6.42 Å². The third-order valence-corrected chi connectivity index (χ3v) is 4.63. The Kier molecular flexibility index (Phi) is 5.11. The van der Waals surface area contributed by atoms with Gasteiger partial charge in [0.15, 0.2) is 0 Å². The predicted molar refractivity (Wildman–Crippen MR) is 97.5 cm³/mol. The number of aliphatic hydroxyl groups excluding tert-OH is 1. The summed E-state index contributed by atoms with van der Waals surface area (Å²) in [7, 11) is 1.67. The molecule has 1 heterocycles. The Balaban J connectivity index is 1.74. The van der Waals surface area contributed by atoms with Crippen molar-refractivity contribution in [2.75, 3.05) is 7.11 Å². The first-order chi connectivity index (χ1) is 11.7. The number of aryl methyl sites for hydroxylation is 1. The second kappa shape index (κ2) is 7.45. The van der Waals surface area contributed by atoms with E-state index in [0.29, 0.717) is 6.42 Å². The van der Waals surface area contributed by atoms with Gasteiger partial charge < -0.3 is 9.84 Å². The highest BCUT2D eigenvalue weighted by Gasteiger charge is 2.19. The molecule has 0 spiro atoms. The number of rotatable bonds is 6. The van der Waals surface area contributed by atoms with E-state index in [9.17, 15) is 5.11 Å². The molecule has 0 amide bonds. The van der Waals surface area contributed by atoms with E-state index in [0.717, 1.165) is 28.6 Å². The van der Waals surface area contributed by atoms with Crippen LogP contribution in [0.5, 0.6) is 5.75 Å². The SMILES string of the molecule is COc1ccccc1C(C)C(O)CCc1cccc2cccnc12. The van der Waals surface area contributed by atoms with Gasteiger partial charge in [-0.05, 0) is 36.1 Å². The molecule has 0 saturated heterocycles. The normalized spacial score (nSPS) is 13.6. The Morgan fingerprint density at radius 1 is 1.04 bits per heavy atom. The molecule has 1 aromatic heterocycles. The third kappa shape index (κ3) is 3.41. The maximum absolute atomic E-state index is 10.6. The van der Waals surface area contributed by atoms with Gasteiger partial charge in [0.25, 0.3) is 0 Å². The first-order valence-electron chi connectivity index (χ1n) is 8.34. The number of benzene rings is 2. The van der Waals surface area contributed by atoms with Crippen LogP contribution in [0.15, 0.2) is 60.8 Å². The molecule has 0 fully saturated rings. The number of methoxy groups -OCH3 is 1. The van der Waals surface area contributed by atoms with Crippen molar-refractivity contribution in [2.24, 2.45) is 0 Å². The number of pyridine rings is 1. The number of hydrogen-bond donors (Lipinski definition) is 1. The van der Waals surface area contributed by atoms with Gasteiger partial charge in [-0.1, -0.05) is 49.4 Å². The third-order valence-electron chi connectivity index (χ3n) is 4.63. The molecule has 0 saturated carbocycles. The monoisotopic (exact) mass is 321 g/mol. The molecule has 124 valence electrons. The zero-order chi connectivity index (χ0) is 16.9. The number of aliphatic hydroxyl groups is 1. The van der Waals surface area contributed by atoms with Crippen molar-refractivity contribution < 1.29 is 9.84 Å². The minimum Gasteiger partial charge on any atom is -0.496 e. The highest BCUT2D eigenvalue weighted by Crippen LogP contribution is 2.30. The Morgan fingerprint density at radius 2 is 1.83 bits per heavy atom. The number of ether oxygens (including phenoxy) is 1. The number of hydrogen-bond acceptors (Lipinski definition) is 3. The molecular weight excluding hydrogens is 298 g/mol. The Hall–Kier alpha value is -2.39. The molecular formula is C21H23NO2. The van der Waals surface area contributed by atoms with Crippen molar-refractivity contribution in [1.29, 1.82) is 0 Å². The minimum absolute atomic E-state index is 0.0177. The highest BCUT2D eigenvalue weighted by molar-refractivity contribution is 5.81. The summed E-state index contributed by atoms with van der Waals surface area (Å²) in [4.78, 5) is 4.49. The van der Waals surface area contributed by atoms with Crippen molar-refractivity contribution in [1.82, 2.24) is 4.98 Å². The summed E-state index contributed by atoms with van der Waals surface area (Å²) in [5.41, 5.74) is 3.25. The smallest absolute Gasteiger partial charge is 0.122 e. The van der Waals surface area contributed by atoms with Crippen LogP contribution >= 0.6 is 0 Å². The van der Waals surface area contributed by atoms with E-state index in [-0.39, 0.29) is 5.92 Å². The fourth-order valence-corrected chi connectivity index (χ4v) is 3.17. The molecule has 1 N–H and O–H groups in total. The molecule has 0 aliphatic carbocycles. The zero-order valence-corrected chi connectivity index (χ0v) is 14.1. The van der Waals surface area contributed by atoms with Crippen LogP contribution < -0.4 is 4.74 Å². The number of fused-ring (bicyclic) bond motifs is 1. The van der Waals surface area contributed by atoms with Gasteiger partial charge in [0.1, 0.15) is 5.75 Å². The molecule has 3 nitrogen and oxygen atoms in total. The molecule has 24 heavy (non-hydrogen) atoms. The van der Waals surface area contributed by atoms with Crippen LogP contribution in [0.1, 0.15) is 30.4 Å². The fraction of sp³-hybridized carbons (Fsp3) is 0.286. The van der Waals surface area contributed by atoms with E-state index in [1.807, 2.05) is 43.5 Å². The van der Waals surface area contributed by atoms with Crippen molar-refractivity contribution in [3.63, 3.8) is 0 Å². The van der Waals surface area contributed by atoms with Crippen molar-refractivity contribution in [2.45, 2.75) is 31.8 Å². The van der Waals surface area contributed by atoms with Crippen LogP contribution in [0.4, 0.5) is 0 Å². The first-order valence-corrected chi connectivity index (χ1v) is 8.34. The van der Waals surface area contributed by atoms with Gasteiger partial charge in [-0.2, -0.15) is 0 Å². The van der Waals surface area contributed by atoms with Gasteiger partial charge in [0, 0.05) is 17.5 Å². The number of aromatic nitrogens is 1. The van der Waals surface area contributed by atoms with E-state index >= 15 is 0 Å². The van der Waals surface area contributed by atoms with Gasteiger partial charge >= 0.3 is 0 Å². The van der Waals surface area contributed by atoms with Crippen LogP contribution in [-0.4, -0.2) is 23.3 Å². The van der Waals surface area contributed by atoms with Crippen LogP contribution in [0.3, 0.4) is 0 Å². The van der Waals surface area contributed by atoms with Gasteiger partial charge in [-0.15, -0.1) is 0 Å². The largest absolute Gasteiger partial charge is 0.496 e. The molecule has 0 aliphatic heterocycles. The molecule has 2 atom stereocenters. The lowest BCUT2D eigenvalue weighted by atomic mass is 9.90. The Labute approximate surface area is 142 Å². The second-order valence-corrected chi connectivity index (χ2v) is 6.13. The predicted octanol–water partition coefficient (Wildman–Crippen LogP) is 4.34. The van der Waals surface area contributed by atoms with Crippen molar-refractivity contribution in [3.8, 4) is 5.75 Å². The van der Waals surface area contributed by atoms with E-state index in [4.69, 9.17) is 4.74 Å². The summed E-state index contributed by atoms with van der Waals surface area (Å²) in [5, 5.41) is 11.8. The second-order valence-electron chi connectivity index (χ2n) is 6.13. The summed E-state index contributed by atoms with van der Waals surface area (Å²) < 4.78 is 5.42. The maximum Gasteiger partial charge on any atom is 0.122 e. The Bertz CT molecular complexity index is 810. The van der Waals surface area contributed by atoms with Crippen LogP contribution in [0, 0.1) is 0 Å². The van der Waals surface area contributed by atoms with Gasteiger partial charge in [0.05, 0.1) is 18.7 Å². The maximum atomic E-state index is 10.6. The summed E-state index contributed by atoms with van der Waals surface area (Å²) in [6.07, 6.45) is 2.88. The quantitative estimate of drug-likeness (QED) is 0.734. The first kappa shape index (κ1) is 16.5. The molecule has 3 rings (SSSR count). The lowest BCUT2D eigenvalue weighted by molar-refractivity contribution is 0.139. The molecule has 0 radical (unpaired) electrons. The minimum atomic E-state index is -0.430. The fourth-order valence-electron chi connectivity index (χ4n) is 3.17. The van der Waals surface area contributed by atoms with Crippen LogP contribution in [0.25, 0.3) is 10.9 Å². The van der Waals surface area contributed by atoms with Crippen molar-refractivity contribution in [3.05, 3.63) is 71.9 Å². The van der Waals surface area contributed by atoms with Gasteiger partial charge in [0.2, 0.25) is 0 Å².